The van der Waals surface area contributed by atoms with Gasteiger partial charge in [-0.3, -0.25) is 14.4 Å². The molecule has 2 aromatic rings. The van der Waals surface area contributed by atoms with Crippen molar-refractivity contribution in [2.75, 3.05) is 18.9 Å². The minimum atomic E-state index is -0.257. The van der Waals surface area contributed by atoms with Gasteiger partial charge in [0.25, 0.3) is 5.91 Å². The van der Waals surface area contributed by atoms with E-state index in [2.05, 4.69) is 10.6 Å². The highest BCUT2D eigenvalue weighted by Gasteiger charge is 2.15. The van der Waals surface area contributed by atoms with Gasteiger partial charge in [0.2, 0.25) is 11.8 Å². The maximum atomic E-state index is 12.4. The van der Waals surface area contributed by atoms with E-state index >= 15 is 0 Å². The van der Waals surface area contributed by atoms with Crippen LogP contribution < -0.4 is 10.6 Å². The number of rotatable bonds is 6. The van der Waals surface area contributed by atoms with E-state index < -0.39 is 0 Å². The predicted octanol–water partition coefficient (Wildman–Crippen LogP) is 2.34. The molecule has 0 saturated heterocycles. The van der Waals surface area contributed by atoms with Crippen LogP contribution in [0.15, 0.2) is 48.5 Å². The molecule has 0 heterocycles. The number of hydrogen-bond donors (Lipinski definition) is 2. The fourth-order valence-electron chi connectivity index (χ4n) is 2.34. The molecule has 0 aliphatic carbocycles. The first-order valence-corrected chi connectivity index (χ1v) is 8.30. The lowest BCUT2D eigenvalue weighted by Crippen LogP contribution is -2.34. The van der Waals surface area contributed by atoms with Crippen LogP contribution in [0.1, 0.15) is 28.4 Å². The van der Waals surface area contributed by atoms with Crippen LogP contribution in [0, 0.1) is 6.92 Å². The summed E-state index contributed by atoms with van der Waals surface area (Å²) in [6.45, 7) is 3.80. The van der Waals surface area contributed by atoms with Crippen LogP contribution in [0.25, 0.3) is 0 Å². The van der Waals surface area contributed by atoms with Crippen molar-refractivity contribution in [1.82, 2.24) is 10.2 Å². The van der Waals surface area contributed by atoms with Gasteiger partial charge in [-0.05, 0) is 36.8 Å². The molecule has 0 bridgehead atoms. The first kappa shape index (κ1) is 19.2. The van der Waals surface area contributed by atoms with E-state index in [1.165, 1.54) is 11.8 Å². The van der Waals surface area contributed by atoms with Crippen LogP contribution in [0.5, 0.6) is 0 Å². The quantitative estimate of drug-likeness (QED) is 0.837. The van der Waals surface area contributed by atoms with Gasteiger partial charge >= 0.3 is 0 Å². The summed E-state index contributed by atoms with van der Waals surface area (Å²) in [5, 5.41) is 5.47. The highest BCUT2D eigenvalue weighted by molar-refractivity contribution is 5.99. The molecule has 0 aromatic heterocycles. The van der Waals surface area contributed by atoms with Crippen LogP contribution in [-0.4, -0.2) is 36.2 Å². The summed E-state index contributed by atoms with van der Waals surface area (Å²) >= 11 is 0. The van der Waals surface area contributed by atoms with Crippen molar-refractivity contribution in [3.05, 3.63) is 65.2 Å². The number of carbonyl (C=O) groups is 3. The average Bonchev–Trinajstić information content (AvgIpc) is 2.61. The Morgan fingerprint density at radius 3 is 2.15 bits per heavy atom. The van der Waals surface area contributed by atoms with Gasteiger partial charge in [0.15, 0.2) is 0 Å². The van der Waals surface area contributed by atoms with Crippen LogP contribution in [0.4, 0.5) is 5.69 Å². The Labute approximate surface area is 153 Å². The zero-order chi connectivity index (χ0) is 19.1. The monoisotopic (exact) mass is 353 g/mol. The van der Waals surface area contributed by atoms with E-state index in [1.807, 2.05) is 31.2 Å². The highest BCUT2D eigenvalue weighted by Crippen LogP contribution is 2.10. The number of benzene rings is 2. The molecule has 0 radical (unpaired) electrons. The molecule has 0 spiro atoms. The Morgan fingerprint density at radius 2 is 1.58 bits per heavy atom. The number of hydrogen-bond acceptors (Lipinski definition) is 3. The summed E-state index contributed by atoms with van der Waals surface area (Å²) in [6.07, 6.45) is 0. The number of amides is 3. The lowest BCUT2D eigenvalue weighted by atomic mass is 10.1. The number of nitrogens with one attached hydrogen (secondary N) is 2. The molecule has 2 N–H and O–H groups in total. The molecule has 136 valence electrons. The van der Waals surface area contributed by atoms with E-state index in [0.29, 0.717) is 17.8 Å². The van der Waals surface area contributed by atoms with Crippen molar-refractivity contribution in [3.63, 3.8) is 0 Å². The normalized spacial score (nSPS) is 10.1. The first-order valence-electron chi connectivity index (χ1n) is 8.30. The zero-order valence-corrected chi connectivity index (χ0v) is 15.2. The van der Waals surface area contributed by atoms with E-state index in [0.717, 1.165) is 11.1 Å². The number of anilines is 1. The standard InChI is InChI=1S/C20H23N3O3/c1-14-4-10-18(11-5-14)22-19(25)13-23(3)20(26)17-8-6-16(7-9-17)12-21-15(2)24/h4-11H,12-13H2,1-3H3,(H,21,24)(H,22,25). The second-order valence-corrected chi connectivity index (χ2v) is 6.18. The largest absolute Gasteiger partial charge is 0.352 e. The Balaban J connectivity index is 1.90. The van der Waals surface area contributed by atoms with Crippen molar-refractivity contribution in [2.45, 2.75) is 20.4 Å². The molecule has 0 fully saturated rings. The van der Waals surface area contributed by atoms with Gasteiger partial charge in [-0.1, -0.05) is 29.8 Å². The number of likely N-dealkylation sites (N-methyl/N-ethyl adjacent to an activating group) is 1. The van der Waals surface area contributed by atoms with Crippen molar-refractivity contribution >= 4 is 23.4 Å². The second-order valence-electron chi connectivity index (χ2n) is 6.18. The third kappa shape index (κ3) is 5.73. The topological polar surface area (TPSA) is 78.5 Å². The molecular formula is C20H23N3O3. The fourth-order valence-corrected chi connectivity index (χ4v) is 2.34. The lowest BCUT2D eigenvalue weighted by molar-refractivity contribution is -0.119. The molecule has 0 saturated carbocycles. The van der Waals surface area contributed by atoms with E-state index in [1.54, 1.807) is 31.3 Å². The second kappa shape index (κ2) is 8.80. The molecule has 3 amide bonds. The molecule has 26 heavy (non-hydrogen) atoms. The average molecular weight is 353 g/mol. The first-order chi connectivity index (χ1) is 12.3. The number of carbonyl (C=O) groups excluding carboxylic acids is 3. The molecule has 0 atom stereocenters. The van der Waals surface area contributed by atoms with Gasteiger partial charge in [-0.2, -0.15) is 0 Å². The van der Waals surface area contributed by atoms with Gasteiger partial charge in [-0.25, -0.2) is 0 Å². The third-order valence-electron chi connectivity index (χ3n) is 3.81. The van der Waals surface area contributed by atoms with E-state index in [9.17, 15) is 14.4 Å². The minimum Gasteiger partial charge on any atom is -0.352 e. The summed E-state index contributed by atoms with van der Waals surface area (Å²) in [5.41, 5.74) is 3.19. The summed E-state index contributed by atoms with van der Waals surface area (Å²) in [7, 11) is 1.59. The summed E-state index contributed by atoms with van der Waals surface area (Å²) in [5.74, 6) is -0.605. The van der Waals surface area contributed by atoms with Crippen LogP contribution in [-0.2, 0) is 16.1 Å². The SMILES string of the molecule is CC(=O)NCc1ccc(C(=O)N(C)CC(=O)Nc2ccc(C)cc2)cc1. The van der Waals surface area contributed by atoms with Crippen molar-refractivity contribution in [1.29, 1.82) is 0 Å². The van der Waals surface area contributed by atoms with E-state index in [4.69, 9.17) is 0 Å². The Bertz CT molecular complexity index is 783. The van der Waals surface area contributed by atoms with Crippen LogP contribution in [0.2, 0.25) is 0 Å². The fraction of sp³-hybridized carbons (Fsp3) is 0.250. The van der Waals surface area contributed by atoms with Crippen LogP contribution >= 0.6 is 0 Å². The minimum absolute atomic E-state index is 0.0413. The summed E-state index contributed by atoms with van der Waals surface area (Å²) in [4.78, 5) is 36.8. The summed E-state index contributed by atoms with van der Waals surface area (Å²) in [6, 6.07) is 14.4. The molecule has 2 rings (SSSR count). The molecule has 6 nitrogen and oxygen atoms in total. The number of nitrogens with zero attached hydrogens (tertiary/aromatic N) is 1. The Kier molecular flexibility index (Phi) is 6.49. The zero-order valence-electron chi connectivity index (χ0n) is 15.2. The molecule has 0 aliphatic heterocycles. The van der Waals surface area contributed by atoms with Gasteiger partial charge in [0.1, 0.15) is 0 Å². The summed E-state index contributed by atoms with van der Waals surface area (Å²) < 4.78 is 0. The smallest absolute Gasteiger partial charge is 0.254 e. The predicted molar refractivity (Wildman–Crippen MR) is 101 cm³/mol. The maximum Gasteiger partial charge on any atom is 0.254 e. The highest BCUT2D eigenvalue weighted by atomic mass is 16.2. The van der Waals surface area contributed by atoms with Gasteiger partial charge in [0, 0.05) is 31.8 Å². The van der Waals surface area contributed by atoms with Gasteiger partial charge in [0.05, 0.1) is 6.54 Å². The molecule has 6 heteroatoms. The van der Waals surface area contributed by atoms with Crippen molar-refractivity contribution in [3.8, 4) is 0 Å². The lowest BCUT2D eigenvalue weighted by Gasteiger charge is -2.17. The third-order valence-corrected chi connectivity index (χ3v) is 3.81. The van der Waals surface area contributed by atoms with Crippen molar-refractivity contribution < 1.29 is 14.4 Å². The van der Waals surface area contributed by atoms with E-state index in [-0.39, 0.29) is 24.3 Å². The molecular weight excluding hydrogens is 330 g/mol. The van der Waals surface area contributed by atoms with Crippen LogP contribution in [0.3, 0.4) is 0 Å². The van der Waals surface area contributed by atoms with Crippen molar-refractivity contribution in [2.24, 2.45) is 0 Å². The van der Waals surface area contributed by atoms with Gasteiger partial charge in [-0.15, -0.1) is 0 Å². The molecule has 0 unspecified atom stereocenters. The van der Waals surface area contributed by atoms with Gasteiger partial charge < -0.3 is 15.5 Å². The molecule has 0 aliphatic rings. The Morgan fingerprint density at radius 1 is 0.962 bits per heavy atom. The Hall–Kier alpha value is -3.15. The maximum absolute atomic E-state index is 12.4. The molecule has 2 aromatic carbocycles. The number of aryl methyl sites for hydroxylation is 1.